The molecule has 1 nitrogen and oxygen atoms in total. The van der Waals surface area contributed by atoms with E-state index in [2.05, 4.69) is 13.8 Å². The molecule has 2 heteroatoms. The highest BCUT2D eigenvalue weighted by atomic mass is 32.1. The van der Waals surface area contributed by atoms with Crippen LogP contribution in [0.5, 0.6) is 0 Å². The maximum absolute atomic E-state index is 9.96. The average Bonchev–Trinajstić information content (AvgIpc) is 2.53. The highest BCUT2D eigenvalue weighted by Crippen LogP contribution is 2.37. The minimum absolute atomic E-state index is 0.229. The van der Waals surface area contributed by atoms with Gasteiger partial charge in [0.1, 0.15) is 0 Å². The molecule has 1 aromatic heterocycles. The highest BCUT2D eigenvalue weighted by Gasteiger charge is 2.22. The molecule has 1 atom stereocenters. The second-order valence-electron chi connectivity index (χ2n) is 4.10. The summed E-state index contributed by atoms with van der Waals surface area (Å²) >= 11 is 1.90. The summed E-state index contributed by atoms with van der Waals surface area (Å²) in [6.45, 7) is 4.20. The van der Waals surface area contributed by atoms with E-state index in [1.54, 1.807) is 0 Å². The zero-order valence-electron chi connectivity index (χ0n) is 8.97. The van der Waals surface area contributed by atoms with Gasteiger partial charge in [-0.05, 0) is 50.2 Å². The molecule has 1 aliphatic carbocycles. The van der Waals surface area contributed by atoms with Crippen molar-refractivity contribution in [2.45, 2.75) is 52.1 Å². The Morgan fingerprint density at radius 3 is 2.79 bits per heavy atom. The molecule has 1 unspecified atom stereocenters. The van der Waals surface area contributed by atoms with Gasteiger partial charge in [-0.3, -0.25) is 0 Å². The van der Waals surface area contributed by atoms with Crippen molar-refractivity contribution in [2.75, 3.05) is 0 Å². The van der Waals surface area contributed by atoms with Gasteiger partial charge in [0.15, 0.2) is 0 Å². The minimum Gasteiger partial charge on any atom is -0.388 e. The van der Waals surface area contributed by atoms with Gasteiger partial charge in [0.25, 0.3) is 0 Å². The summed E-state index contributed by atoms with van der Waals surface area (Å²) < 4.78 is 0. The molecule has 1 aliphatic rings. The van der Waals surface area contributed by atoms with Crippen LogP contribution < -0.4 is 0 Å². The summed E-state index contributed by atoms with van der Waals surface area (Å²) in [4.78, 5) is 2.88. The lowest BCUT2D eigenvalue weighted by Crippen LogP contribution is -2.05. The maximum atomic E-state index is 9.96. The first-order chi connectivity index (χ1) is 6.74. The first-order valence-electron chi connectivity index (χ1n) is 5.53. The van der Waals surface area contributed by atoms with Crippen molar-refractivity contribution in [3.8, 4) is 0 Å². The van der Waals surface area contributed by atoms with Crippen molar-refractivity contribution >= 4 is 11.3 Å². The van der Waals surface area contributed by atoms with Gasteiger partial charge < -0.3 is 5.11 Å². The van der Waals surface area contributed by atoms with E-state index in [4.69, 9.17) is 0 Å². The van der Waals surface area contributed by atoms with Crippen LogP contribution in [0.2, 0.25) is 0 Å². The zero-order valence-corrected chi connectivity index (χ0v) is 9.78. The fraction of sp³-hybridized carbons (Fsp3) is 0.667. The molecule has 0 bridgehead atoms. The molecule has 2 rings (SSSR count). The second kappa shape index (κ2) is 4.03. The van der Waals surface area contributed by atoms with E-state index in [0.717, 1.165) is 6.42 Å². The Labute approximate surface area is 89.8 Å². The quantitative estimate of drug-likeness (QED) is 0.793. The van der Waals surface area contributed by atoms with Crippen molar-refractivity contribution < 1.29 is 5.11 Å². The number of hydrogen-bond acceptors (Lipinski definition) is 2. The van der Waals surface area contributed by atoms with Gasteiger partial charge in [0.2, 0.25) is 0 Å². The number of hydrogen-bond donors (Lipinski definition) is 1. The van der Waals surface area contributed by atoms with Gasteiger partial charge in [-0.15, -0.1) is 11.3 Å². The van der Waals surface area contributed by atoms with E-state index >= 15 is 0 Å². The van der Waals surface area contributed by atoms with Crippen LogP contribution in [0.1, 0.15) is 53.2 Å². The van der Waals surface area contributed by atoms with Crippen LogP contribution in [0.25, 0.3) is 0 Å². The summed E-state index contributed by atoms with van der Waals surface area (Å²) in [5, 5.41) is 9.96. The number of fused-ring (bicyclic) bond motifs is 1. The third-order valence-electron chi connectivity index (χ3n) is 3.12. The average molecular weight is 210 g/mol. The fourth-order valence-corrected chi connectivity index (χ4v) is 3.69. The van der Waals surface area contributed by atoms with Crippen molar-refractivity contribution in [3.63, 3.8) is 0 Å². The molecule has 0 saturated heterocycles. The van der Waals surface area contributed by atoms with E-state index in [-0.39, 0.29) is 6.10 Å². The molecule has 78 valence electrons. The first-order valence-corrected chi connectivity index (χ1v) is 6.34. The predicted octanol–water partition coefficient (Wildman–Crippen LogP) is 3.38. The minimum atomic E-state index is -0.229. The molecule has 0 aliphatic heterocycles. The molecule has 1 aromatic rings. The normalized spacial score (nSPS) is 17.9. The number of aryl methyl sites for hydroxylation is 2. The molecule has 1 N–H and O–H groups in total. The summed E-state index contributed by atoms with van der Waals surface area (Å²) in [6.07, 6.45) is 5.65. The van der Waals surface area contributed by atoms with Crippen LogP contribution in [0.15, 0.2) is 0 Å². The smallest absolute Gasteiger partial charge is 0.0800 e. The largest absolute Gasteiger partial charge is 0.388 e. The second-order valence-corrected chi connectivity index (χ2v) is 5.41. The third kappa shape index (κ3) is 1.61. The lowest BCUT2D eigenvalue weighted by molar-refractivity contribution is 0.172. The van der Waals surface area contributed by atoms with Gasteiger partial charge in [0.05, 0.1) is 6.10 Å². The van der Waals surface area contributed by atoms with Crippen LogP contribution in [0, 0.1) is 6.92 Å². The van der Waals surface area contributed by atoms with Crippen LogP contribution in [-0.4, -0.2) is 5.11 Å². The summed E-state index contributed by atoms with van der Waals surface area (Å²) in [5.74, 6) is 0. The highest BCUT2D eigenvalue weighted by molar-refractivity contribution is 7.12. The molecule has 0 fully saturated rings. The monoisotopic (exact) mass is 210 g/mol. The van der Waals surface area contributed by atoms with E-state index in [1.807, 2.05) is 11.3 Å². The Hall–Kier alpha value is -0.340. The molecule has 0 saturated carbocycles. The van der Waals surface area contributed by atoms with E-state index < -0.39 is 0 Å². The third-order valence-corrected chi connectivity index (χ3v) is 4.34. The lowest BCUT2D eigenvalue weighted by Gasteiger charge is -2.15. The zero-order chi connectivity index (χ0) is 10.1. The number of aliphatic hydroxyl groups excluding tert-OH is 1. The fourth-order valence-electron chi connectivity index (χ4n) is 2.37. The molecule has 0 radical (unpaired) electrons. The van der Waals surface area contributed by atoms with Crippen molar-refractivity contribution in [3.05, 3.63) is 20.9 Å². The summed E-state index contributed by atoms with van der Waals surface area (Å²) in [5.41, 5.74) is 2.74. The molecule has 0 aromatic carbocycles. The topological polar surface area (TPSA) is 20.2 Å². The lowest BCUT2D eigenvalue weighted by atomic mass is 9.92. The van der Waals surface area contributed by atoms with Gasteiger partial charge in [-0.1, -0.05) is 6.92 Å². The molecule has 14 heavy (non-hydrogen) atoms. The van der Waals surface area contributed by atoms with Gasteiger partial charge >= 0.3 is 0 Å². The number of rotatable bonds is 2. The molecule has 1 heterocycles. The van der Waals surface area contributed by atoms with Gasteiger partial charge in [0, 0.05) is 9.75 Å². The van der Waals surface area contributed by atoms with Crippen molar-refractivity contribution in [2.24, 2.45) is 0 Å². The van der Waals surface area contributed by atoms with Crippen LogP contribution >= 0.6 is 11.3 Å². The summed E-state index contributed by atoms with van der Waals surface area (Å²) in [6, 6.07) is 0. The first kappa shape index (κ1) is 10.2. The number of aliphatic hydroxyl groups is 1. The Kier molecular flexibility index (Phi) is 2.93. The molecule has 0 spiro atoms. The van der Waals surface area contributed by atoms with E-state index in [0.29, 0.717) is 0 Å². The van der Waals surface area contributed by atoms with Gasteiger partial charge in [-0.25, -0.2) is 0 Å². The predicted molar refractivity (Wildman–Crippen MR) is 60.9 cm³/mol. The van der Waals surface area contributed by atoms with Crippen LogP contribution in [-0.2, 0) is 12.8 Å². The van der Waals surface area contributed by atoms with Gasteiger partial charge in [-0.2, -0.15) is 0 Å². The van der Waals surface area contributed by atoms with Crippen molar-refractivity contribution in [1.82, 2.24) is 0 Å². The Morgan fingerprint density at radius 2 is 2.07 bits per heavy atom. The van der Waals surface area contributed by atoms with Crippen LogP contribution in [0.3, 0.4) is 0 Å². The van der Waals surface area contributed by atoms with E-state index in [1.165, 1.54) is 46.6 Å². The summed E-state index contributed by atoms with van der Waals surface area (Å²) in [7, 11) is 0. The Bertz CT molecular complexity index is 327. The molecular formula is C12H18OS. The molecule has 0 amide bonds. The molecular weight excluding hydrogens is 192 g/mol. The van der Waals surface area contributed by atoms with E-state index in [9.17, 15) is 5.11 Å². The Balaban J connectivity index is 2.42. The van der Waals surface area contributed by atoms with Crippen molar-refractivity contribution in [1.29, 1.82) is 0 Å². The van der Waals surface area contributed by atoms with Crippen LogP contribution in [0.4, 0.5) is 0 Å². The Morgan fingerprint density at radius 1 is 1.36 bits per heavy atom. The SMILES string of the molecule is CCC(O)c1c(C)sc2c1CCCC2. The number of thiophene rings is 1. The maximum Gasteiger partial charge on any atom is 0.0800 e. The standard InChI is InChI=1S/C12H18OS/c1-3-10(13)12-8(2)14-11-7-5-4-6-9(11)12/h10,13H,3-7H2,1-2H3.